The van der Waals surface area contributed by atoms with Crippen LogP contribution >= 0.6 is 0 Å². The Morgan fingerprint density at radius 1 is 0.529 bits per heavy atom. The highest BCUT2D eigenvalue weighted by Gasteiger charge is 2.37. The maximum atomic E-state index is 6.41. The quantitative estimate of drug-likeness (QED) is 0.268. The van der Waals surface area contributed by atoms with E-state index in [0.717, 1.165) is 45.4 Å². The van der Waals surface area contributed by atoms with Crippen LogP contribution in [0.1, 0.15) is 25.0 Å². The minimum Gasteiger partial charge on any atom is -0.464 e. The molecule has 1 aliphatic heterocycles. The predicted molar refractivity (Wildman–Crippen MR) is 134 cm³/mol. The van der Waals surface area contributed by atoms with Crippen LogP contribution in [0.15, 0.2) is 102 Å². The standard InChI is InChI=1S/C31H22O3/c1-31(2)24-10-4-3-9-22(24)23-17-29-30(18-25(23)31)33-27-13-12-20(16-28(27)34-29)19-7-5-8-21(15-19)26-11-6-14-32-26/h3-18H,1-2H3. The van der Waals surface area contributed by atoms with Crippen LogP contribution < -0.4 is 9.47 Å². The number of hydrogen-bond donors (Lipinski definition) is 0. The van der Waals surface area contributed by atoms with Crippen molar-refractivity contribution in [3.05, 3.63) is 108 Å². The first kappa shape index (κ1) is 19.2. The Hall–Kier alpha value is -4.24. The molecule has 164 valence electrons. The fourth-order valence-electron chi connectivity index (χ4n) is 5.25. The summed E-state index contributed by atoms with van der Waals surface area (Å²) in [5.74, 6) is 3.82. The summed E-state index contributed by atoms with van der Waals surface area (Å²) in [4.78, 5) is 0. The van der Waals surface area contributed by atoms with Crippen molar-refractivity contribution in [3.63, 3.8) is 0 Å². The average Bonchev–Trinajstić information content (AvgIpc) is 3.48. The molecule has 0 saturated heterocycles. The molecule has 2 aliphatic rings. The van der Waals surface area contributed by atoms with Crippen molar-refractivity contribution in [2.24, 2.45) is 0 Å². The van der Waals surface area contributed by atoms with E-state index in [1.54, 1.807) is 6.26 Å². The van der Waals surface area contributed by atoms with Gasteiger partial charge in [0.1, 0.15) is 5.76 Å². The van der Waals surface area contributed by atoms with Crippen LogP contribution in [-0.4, -0.2) is 0 Å². The molecule has 0 saturated carbocycles. The molecule has 5 aromatic rings. The lowest BCUT2D eigenvalue weighted by Gasteiger charge is -2.25. The molecular formula is C31H22O3. The van der Waals surface area contributed by atoms with E-state index in [9.17, 15) is 0 Å². The van der Waals surface area contributed by atoms with Crippen molar-refractivity contribution >= 4 is 0 Å². The molecule has 0 bridgehead atoms. The van der Waals surface area contributed by atoms with Crippen molar-refractivity contribution in [2.75, 3.05) is 0 Å². The van der Waals surface area contributed by atoms with Gasteiger partial charge in [-0.05, 0) is 75.8 Å². The van der Waals surface area contributed by atoms with Crippen LogP contribution in [0.3, 0.4) is 0 Å². The molecule has 4 aromatic carbocycles. The van der Waals surface area contributed by atoms with Gasteiger partial charge in [0.2, 0.25) is 0 Å². The second-order valence-corrected chi connectivity index (χ2v) is 9.44. The minimum atomic E-state index is -0.0759. The van der Waals surface area contributed by atoms with Gasteiger partial charge in [-0.15, -0.1) is 0 Å². The average molecular weight is 443 g/mol. The van der Waals surface area contributed by atoms with Crippen molar-refractivity contribution in [3.8, 4) is 56.6 Å². The van der Waals surface area contributed by atoms with Crippen LogP contribution in [0.25, 0.3) is 33.6 Å². The van der Waals surface area contributed by atoms with Crippen LogP contribution in [0, 0.1) is 0 Å². The molecule has 3 heteroatoms. The first-order valence-corrected chi connectivity index (χ1v) is 11.5. The Kier molecular flexibility index (Phi) is 3.89. The highest BCUT2D eigenvalue weighted by atomic mass is 16.6. The van der Waals surface area contributed by atoms with Crippen LogP contribution in [-0.2, 0) is 5.41 Å². The number of fused-ring (bicyclic) bond motifs is 5. The molecule has 3 nitrogen and oxygen atoms in total. The normalized spacial score (nSPS) is 14.3. The highest BCUT2D eigenvalue weighted by molar-refractivity contribution is 5.83. The topological polar surface area (TPSA) is 31.6 Å². The van der Waals surface area contributed by atoms with E-state index < -0.39 is 0 Å². The molecule has 1 aliphatic carbocycles. The Morgan fingerprint density at radius 2 is 1.29 bits per heavy atom. The Labute approximate surface area is 198 Å². The van der Waals surface area contributed by atoms with E-state index >= 15 is 0 Å². The largest absolute Gasteiger partial charge is 0.464 e. The lowest BCUT2D eigenvalue weighted by atomic mass is 9.82. The number of furan rings is 1. The first-order chi connectivity index (χ1) is 16.6. The molecule has 7 rings (SSSR count). The number of hydrogen-bond acceptors (Lipinski definition) is 3. The fraction of sp³-hybridized carbons (Fsp3) is 0.0968. The van der Waals surface area contributed by atoms with Gasteiger partial charge in [0, 0.05) is 11.0 Å². The molecule has 0 amide bonds. The zero-order chi connectivity index (χ0) is 22.9. The molecule has 0 spiro atoms. The van der Waals surface area contributed by atoms with Gasteiger partial charge in [-0.2, -0.15) is 0 Å². The van der Waals surface area contributed by atoms with Crippen LogP contribution in [0.4, 0.5) is 0 Å². The highest BCUT2D eigenvalue weighted by Crippen LogP contribution is 2.55. The van der Waals surface area contributed by atoms with E-state index in [1.807, 2.05) is 30.3 Å². The van der Waals surface area contributed by atoms with Gasteiger partial charge in [-0.25, -0.2) is 0 Å². The summed E-state index contributed by atoms with van der Waals surface area (Å²) in [5, 5.41) is 0. The number of benzene rings is 4. The van der Waals surface area contributed by atoms with Gasteiger partial charge in [-0.1, -0.05) is 62.4 Å². The van der Waals surface area contributed by atoms with Crippen LogP contribution in [0.5, 0.6) is 23.0 Å². The predicted octanol–water partition coefficient (Wildman–Crippen LogP) is 8.82. The molecule has 0 unspecified atom stereocenters. The summed E-state index contributed by atoms with van der Waals surface area (Å²) in [7, 11) is 0. The maximum absolute atomic E-state index is 6.41. The second-order valence-electron chi connectivity index (χ2n) is 9.44. The summed E-state index contributed by atoms with van der Waals surface area (Å²) in [6.45, 7) is 4.54. The molecule has 0 N–H and O–H groups in total. The fourth-order valence-corrected chi connectivity index (χ4v) is 5.25. The zero-order valence-electron chi connectivity index (χ0n) is 19.0. The molecule has 2 heterocycles. The third-order valence-corrected chi connectivity index (χ3v) is 7.03. The van der Waals surface area contributed by atoms with Gasteiger partial charge < -0.3 is 13.9 Å². The summed E-state index contributed by atoms with van der Waals surface area (Å²) in [6, 6.07) is 31.2. The van der Waals surface area contributed by atoms with E-state index in [-0.39, 0.29) is 5.41 Å². The number of ether oxygens (including phenoxy) is 2. The third-order valence-electron chi connectivity index (χ3n) is 7.03. The maximum Gasteiger partial charge on any atom is 0.170 e. The summed E-state index contributed by atoms with van der Waals surface area (Å²) in [5.41, 5.74) is 8.21. The van der Waals surface area contributed by atoms with Crippen molar-refractivity contribution in [2.45, 2.75) is 19.3 Å². The van der Waals surface area contributed by atoms with Crippen molar-refractivity contribution in [1.29, 1.82) is 0 Å². The third kappa shape index (κ3) is 2.77. The zero-order valence-corrected chi connectivity index (χ0v) is 19.0. The van der Waals surface area contributed by atoms with Crippen molar-refractivity contribution < 1.29 is 13.9 Å². The molecule has 34 heavy (non-hydrogen) atoms. The second kappa shape index (κ2) is 6.88. The molecule has 0 radical (unpaired) electrons. The minimum absolute atomic E-state index is 0.0759. The lowest BCUT2D eigenvalue weighted by Crippen LogP contribution is -2.15. The SMILES string of the molecule is CC1(C)c2ccccc2-c2cc3c(cc21)Oc1ccc(-c2cccc(-c4ccco4)c2)cc1O3. The van der Waals surface area contributed by atoms with Gasteiger partial charge in [0.15, 0.2) is 23.0 Å². The molecule has 1 aromatic heterocycles. The molecular weight excluding hydrogens is 420 g/mol. The van der Waals surface area contributed by atoms with E-state index in [1.165, 1.54) is 22.3 Å². The smallest absolute Gasteiger partial charge is 0.170 e. The Balaban J connectivity index is 1.28. The first-order valence-electron chi connectivity index (χ1n) is 11.5. The van der Waals surface area contributed by atoms with Crippen molar-refractivity contribution in [1.82, 2.24) is 0 Å². The summed E-state index contributed by atoms with van der Waals surface area (Å²) >= 11 is 0. The number of rotatable bonds is 2. The summed E-state index contributed by atoms with van der Waals surface area (Å²) in [6.07, 6.45) is 1.69. The van der Waals surface area contributed by atoms with E-state index in [0.29, 0.717) is 0 Å². The van der Waals surface area contributed by atoms with Crippen LogP contribution in [0.2, 0.25) is 0 Å². The Bertz CT molecular complexity index is 1570. The van der Waals surface area contributed by atoms with E-state index in [4.69, 9.17) is 13.9 Å². The van der Waals surface area contributed by atoms with Gasteiger partial charge in [-0.3, -0.25) is 0 Å². The molecule has 0 fully saturated rings. The van der Waals surface area contributed by atoms with E-state index in [2.05, 4.69) is 74.5 Å². The molecule has 0 atom stereocenters. The monoisotopic (exact) mass is 442 g/mol. The van der Waals surface area contributed by atoms with Gasteiger partial charge in [0.05, 0.1) is 6.26 Å². The summed E-state index contributed by atoms with van der Waals surface area (Å²) < 4.78 is 18.3. The Morgan fingerprint density at radius 3 is 2.18 bits per heavy atom. The van der Waals surface area contributed by atoms with Gasteiger partial charge in [0.25, 0.3) is 0 Å². The van der Waals surface area contributed by atoms with Gasteiger partial charge >= 0.3 is 0 Å². The lowest BCUT2D eigenvalue weighted by molar-refractivity contribution is 0.359.